The van der Waals surface area contributed by atoms with Crippen LogP contribution in [0, 0.1) is 5.82 Å². The third kappa shape index (κ3) is 5.00. The van der Waals surface area contributed by atoms with Gasteiger partial charge in [-0.3, -0.25) is 9.69 Å². The van der Waals surface area contributed by atoms with Crippen LogP contribution in [0.3, 0.4) is 0 Å². The van der Waals surface area contributed by atoms with E-state index in [1.54, 1.807) is 12.1 Å². The Kier molecular flexibility index (Phi) is 6.15. The third-order valence-corrected chi connectivity index (χ3v) is 7.56. The molecule has 4 aromatic rings. The fourth-order valence-electron chi connectivity index (χ4n) is 3.10. The molecule has 2 aromatic heterocycles. The largest absolute Gasteiger partial charge is 0.467 e. The summed E-state index contributed by atoms with van der Waals surface area (Å²) in [6.07, 6.45) is 1.70. The van der Waals surface area contributed by atoms with Crippen LogP contribution >= 0.6 is 11.3 Å². The number of para-hydroxylation sites is 1. The Balaban J connectivity index is 1.48. The van der Waals surface area contributed by atoms with E-state index in [9.17, 15) is 17.6 Å². The molecular weight excluding hydrogens is 439 g/mol. The highest BCUT2D eigenvalue weighted by atomic mass is 32.2. The Morgan fingerprint density at radius 1 is 1.06 bits per heavy atom. The highest BCUT2D eigenvalue weighted by molar-refractivity contribution is 7.91. The molecule has 2 aromatic carbocycles. The lowest BCUT2D eigenvalue weighted by Crippen LogP contribution is -2.30. The molecule has 0 N–H and O–H groups in total. The van der Waals surface area contributed by atoms with Crippen LogP contribution in [0.15, 0.2) is 76.2 Å². The number of amides is 1. The summed E-state index contributed by atoms with van der Waals surface area (Å²) >= 11 is 1.39. The molecule has 160 valence electrons. The van der Waals surface area contributed by atoms with Crippen molar-refractivity contribution in [2.24, 2.45) is 0 Å². The summed E-state index contributed by atoms with van der Waals surface area (Å²) in [4.78, 5) is 19.1. The maximum Gasteiger partial charge on any atom is 0.229 e. The SMILES string of the molecule is O=C(CCCS(=O)(=O)c1ccc(F)cc1)N(Cc1ccco1)c1nc2ccccc2s1. The fraction of sp³-hybridized carbons (Fsp3) is 0.182. The molecule has 9 heteroatoms. The van der Waals surface area contributed by atoms with Crippen molar-refractivity contribution in [3.63, 3.8) is 0 Å². The minimum Gasteiger partial charge on any atom is -0.467 e. The average molecular weight is 459 g/mol. The Bertz CT molecular complexity index is 1250. The highest BCUT2D eigenvalue weighted by Crippen LogP contribution is 2.30. The molecule has 0 aliphatic heterocycles. The molecule has 0 spiro atoms. The molecule has 0 fully saturated rings. The number of carbonyl (C=O) groups excluding carboxylic acids is 1. The number of furan rings is 1. The molecule has 0 aliphatic carbocycles. The summed E-state index contributed by atoms with van der Waals surface area (Å²) in [6, 6.07) is 15.8. The number of benzene rings is 2. The number of halogens is 1. The number of sulfone groups is 1. The molecule has 0 unspecified atom stereocenters. The van der Waals surface area contributed by atoms with Gasteiger partial charge in [0.1, 0.15) is 11.6 Å². The number of anilines is 1. The molecule has 2 heterocycles. The van der Waals surface area contributed by atoms with Crippen LogP contribution in [0.25, 0.3) is 10.2 Å². The highest BCUT2D eigenvalue weighted by Gasteiger charge is 2.22. The van der Waals surface area contributed by atoms with Crippen molar-refractivity contribution in [3.05, 3.63) is 78.5 Å². The summed E-state index contributed by atoms with van der Waals surface area (Å²) in [6.45, 7) is 0.205. The quantitative estimate of drug-likeness (QED) is 0.354. The monoisotopic (exact) mass is 458 g/mol. The molecular formula is C22H19FN2O4S2. The van der Waals surface area contributed by atoms with Gasteiger partial charge in [0.15, 0.2) is 15.0 Å². The Labute approximate surface area is 182 Å². The molecule has 0 bridgehead atoms. The molecule has 0 saturated heterocycles. The Morgan fingerprint density at radius 2 is 1.84 bits per heavy atom. The average Bonchev–Trinajstić information content (AvgIpc) is 3.41. The Hall–Kier alpha value is -3.04. The number of carbonyl (C=O) groups is 1. The van der Waals surface area contributed by atoms with E-state index < -0.39 is 15.7 Å². The molecule has 0 aliphatic rings. The standard InChI is InChI=1S/C22H19FN2O4S2/c23-16-9-11-18(12-10-16)31(27,28)14-4-8-21(26)25(15-17-5-3-13-29-17)22-24-19-6-1-2-7-20(19)30-22/h1-3,5-7,9-13H,4,8,14-15H2. The topological polar surface area (TPSA) is 80.5 Å². The lowest BCUT2D eigenvalue weighted by atomic mass is 10.3. The van der Waals surface area contributed by atoms with E-state index in [0.29, 0.717) is 10.9 Å². The third-order valence-electron chi connectivity index (χ3n) is 4.69. The molecule has 0 atom stereocenters. The van der Waals surface area contributed by atoms with Gasteiger partial charge in [0.05, 0.1) is 33.7 Å². The molecule has 6 nitrogen and oxygen atoms in total. The maximum atomic E-state index is 13.1. The number of fused-ring (bicyclic) bond motifs is 1. The van der Waals surface area contributed by atoms with Gasteiger partial charge in [-0.05, 0) is 55.0 Å². The van der Waals surface area contributed by atoms with Crippen molar-refractivity contribution in [1.82, 2.24) is 4.98 Å². The van der Waals surface area contributed by atoms with Gasteiger partial charge in [0.25, 0.3) is 0 Å². The van der Waals surface area contributed by atoms with Crippen LogP contribution in [0.5, 0.6) is 0 Å². The van der Waals surface area contributed by atoms with Crippen molar-refractivity contribution in [3.8, 4) is 0 Å². The van der Waals surface area contributed by atoms with E-state index in [1.165, 1.54) is 34.6 Å². The zero-order valence-corrected chi connectivity index (χ0v) is 18.0. The first-order valence-corrected chi connectivity index (χ1v) is 12.1. The molecule has 1 amide bonds. The summed E-state index contributed by atoms with van der Waals surface area (Å²) in [5.74, 6) is -0.353. The van der Waals surface area contributed by atoms with Crippen LogP contribution < -0.4 is 4.90 Å². The summed E-state index contributed by atoms with van der Waals surface area (Å²) in [7, 11) is -3.60. The number of thiazole rings is 1. The number of nitrogens with zero attached hydrogens (tertiary/aromatic N) is 2. The second-order valence-corrected chi connectivity index (χ2v) is 10.0. The van der Waals surface area contributed by atoms with E-state index in [2.05, 4.69) is 4.98 Å². The van der Waals surface area contributed by atoms with Gasteiger partial charge >= 0.3 is 0 Å². The number of hydrogen-bond donors (Lipinski definition) is 0. The van der Waals surface area contributed by atoms with Gasteiger partial charge < -0.3 is 4.42 Å². The first-order valence-electron chi connectivity index (χ1n) is 9.59. The van der Waals surface area contributed by atoms with Crippen LogP contribution in [0.4, 0.5) is 9.52 Å². The number of rotatable bonds is 8. The summed E-state index contributed by atoms with van der Waals surface area (Å²) in [5.41, 5.74) is 0.790. The predicted octanol–water partition coefficient (Wildman–Crippen LogP) is 4.82. The summed E-state index contributed by atoms with van der Waals surface area (Å²) < 4.78 is 44.3. The fourth-order valence-corrected chi connectivity index (χ4v) is 5.40. The second-order valence-electron chi connectivity index (χ2n) is 6.90. The van der Waals surface area contributed by atoms with Crippen molar-refractivity contribution in [1.29, 1.82) is 0 Å². The summed E-state index contributed by atoms with van der Waals surface area (Å²) in [5, 5.41) is 0.531. The van der Waals surface area contributed by atoms with Gasteiger partial charge in [-0.2, -0.15) is 0 Å². The van der Waals surface area contributed by atoms with Gasteiger partial charge in [-0.15, -0.1) is 0 Å². The minimum absolute atomic E-state index is 0.0249. The van der Waals surface area contributed by atoms with Crippen LogP contribution in [-0.4, -0.2) is 25.1 Å². The lowest BCUT2D eigenvalue weighted by molar-refractivity contribution is -0.118. The van der Waals surface area contributed by atoms with Gasteiger partial charge in [-0.1, -0.05) is 23.5 Å². The Morgan fingerprint density at radius 3 is 2.55 bits per heavy atom. The minimum atomic E-state index is -3.60. The van der Waals surface area contributed by atoms with Crippen molar-refractivity contribution >= 4 is 42.4 Å². The molecule has 4 rings (SSSR count). The van der Waals surface area contributed by atoms with Gasteiger partial charge in [0, 0.05) is 6.42 Å². The molecule has 0 saturated carbocycles. The smallest absolute Gasteiger partial charge is 0.229 e. The molecule has 0 radical (unpaired) electrons. The number of hydrogen-bond acceptors (Lipinski definition) is 6. The predicted molar refractivity (Wildman–Crippen MR) is 117 cm³/mol. The van der Waals surface area contributed by atoms with E-state index in [4.69, 9.17) is 4.42 Å². The van der Waals surface area contributed by atoms with Crippen LogP contribution in [-0.2, 0) is 21.2 Å². The lowest BCUT2D eigenvalue weighted by Gasteiger charge is -2.18. The van der Waals surface area contributed by atoms with Gasteiger partial charge in [-0.25, -0.2) is 17.8 Å². The van der Waals surface area contributed by atoms with E-state index in [-0.39, 0.29) is 35.9 Å². The van der Waals surface area contributed by atoms with E-state index in [0.717, 1.165) is 22.3 Å². The zero-order chi connectivity index (χ0) is 21.8. The zero-order valence-electron chi connectivity index (χ0n) is 16.4. The van der Waals surface area contributed by atoms with Crippen LogP contribution in [0.2, 0.25) is 0 Å². The van der Waals surface area contributed by atoms with Gasteiger partial charge in [0.2, 0.25) is 5.91 Å². The van der Waals surface area contributed by atoms with E-state index in [1.807, 2.05) is 24.3 Å². The number of aromatic nitrogens is 1. The van der Waals surface area contributed by atoms with Crippen molar-refractivity contribution in [2.45, 2.75) is 24.3 Å². The normalized spacial score (nSPS) is 11.6. The van der Waals surface area contributed by atoms with Crippen LogP contribution in [0.1, 0.15) is 18.6 Å². The second kappa shape index (κ2) is 8.99. The maximum absolute atomic E-state index is 13.1. The first kappa shape index (κ1) is 21.2. The first-order chi connectivity index (χ1) is 14.9. The van der Waals surface area contributed by atoms with E-state index >= 15 is 0 Å². The van der Waals surface area contributed by atoms with Crippen molar-refractivity contribution in [2.75, 3.05) is 10.7 Å². The van der Waals surface area contributed by atoms with Crippen molar-refractivity contribution < 1.29 is 22.0 Å². The molecule has 31 heavy (non-hydrogen) atoms.